The van der Waals surface area contributed by atoms with Gasteiger partial charge in [-0.05, 0) is 60.2 Å². The lowest BCUT2D eigenvalue weighted by Gasteiger charge is -2.20. The number of aromatic nitrogens is 1. The molecule has 6 nitrogen and oxygen atoms in total. The van der Waals surface area contributed by atoms with Crippen molar-refractivity contribution in [2.75, 3.05) is 11.1 Å². The maximum absolute atomic E-state index is 13.6. The Hall–Kier alpha value is -4.25. The molecule has 39 heavy (non-hydrogen) atoms. The van der Waals surface area contributed by atoms with Crippen LogP contribution in [0.1, 0.15) is 19.4 Å². The van der Waals surface area contributed by atoms with Crippen LogP contribution in [-0.2, 0) is 20.8 Å². The van der Waals surface area contributed by atoms with Crippen LogP contribution in [0.15, 0.2) is 83.9 Å². The summed E-state index contributed by atoms with van der Waals surface area (Å²) >= 11 is 0. The quantitative estimate of drug-likeness (QED) is 0.193. The second-order valence-electron chi connectivity index (χ2n) is 8.47. The first-order chi connectivity index (χ1) is 18.4. The molecule has 11 heteroatoms. The maximum atomic E-state index is 13.6. The standard InChI is InChI=1S/C28H22F4N2O4S/c1-3-39(36,37)22-10-7-18(8-11-22)26-24(34-17(2)35)13-12-23(19-9-14-25(29)33-16-19)27(26)38-21-6-4-5-20(15-21)28(30,31)32/h4-16H,3H2,1-2H3,(H,34,35). The topological polar surface area (TPSA) is 85.4 Å². The van der Waals surface area contributed by atoms with Crippen molar-refractivity contribution in [3.05, 3.63) is 90.5 Å². The van der Waals surface area contributed by atoms with Gasteiger partial charge in [0, 0.05) is 29.8 Å². The molecule has 0 spiro atoms. The highest BCUT2D eigenvalue weighted by Gasteiger charge is 2.31. The van der Waals surface area contributed by atoms with Crippen LogP contribution >= 0.6 is 0 Å². The summed E-state index contributed by atoms with van der Waals surface area (Å²) in [5.74, 6) is -1.38. The summed E-state index contributed by atoms with van der Waals surface area (Å²) in [6, 6.07) is 15.7. The number of halogens is 4. The van der Waals surface area contributed by atoms with E-state index < -0.39 is 33.4 Å². The van der Waals surface area contributed by atoms with Gasteiger partial charge in [-0.25, -0.2) is 13.4 Å². The van der Waals surface area contributed by atoms with E-state index in [1.807, 2.05) is 0 Å². The Morgan fingerprint density at radius 3 is 2.26 bits per heavy atom. The van der Waals surface area contributed by atoms with Crippen LogP contribution in [0.3, 0.4) is 0 Å². The van der Waals surface area contributed by atoms with Crippen LogP contribution in [0.4, 0.5) is 23.2 Å². The molecule has 0 aliphatic carbocycles. The highest BCUT2D eigenvalue weighted by atomic mass is 32.2. The number of benzene rings is 3. The van der Waals surface area contributed by atoms with E-state index in [0.717, 1.165) is 18.2 Å². The average Bonchev–Trinajstić information content (AvgIpc) is 2.89. The van der Waals surface area contributed by atoms with Crippen molar-refractivity contribution in [1.29, 1.82) is 0 Å². The maximum Gasteiger partial charge on any atom is 0.416 e. The van der Waals surface area contributed by atoms with E-state index in [2.05, 4.69) is 10.3 Å². The van der Waals surface area contributed by atoms with Gasteiger partial charge in [0.15, 0.2) is 9.84 Å². The molecule has 0 aliphatic heterocycles. The number of rotatable bonds is 7. The third-order valence-corrected chi connectivity index (χ3v) is 7.52. The number of hydrogen-bond acceptors (Lipinski definition) is 5. The molecule has 1 N–H and O–H groups in total. The van der Waals surface area contributed by atoms with E-state index in [9.17, 15) is 30.8 Å². The van der Waals surface area contributed by atoms with E-state index in [1.165, 1.54) is 62.5 Å². The van der Waals surface area contributed by atoms with Crippen LogP contribution in [0.25, 0.3) is 22.3 Å². The second-order valence-corrected chi connectivity index (χ2v) is 10.7. The normalized spacial score (nSPS) is 11.7. The Bertz CT molecular complexity index is 1620. The van der Waals surface area contributed by atoms with Gasteiger partial charge in [0.2, 0.25) is 11.9 Å². The van der Waals surface area contributed by atoms with E-state index in [0.29, 0.717) is 16.7 Å². The van der Waals surface area contributed by atoms with Gasteiger partial charge in [0.25, 0.3) is 0 Å². The number of carbonyl (C=O) groups excluding carboxylic acids is 1. The van der Waals surface area contributed by atoms with Crippen LogP contribution in [-0.4, -0.2) is 25.1 Å². The fourth-order valence-electron chi connectivity index (χ4n) is 3.88. The molecule has 1 heterocycles. The summed E-state index contributed by atoms with van der Waals surface area (Å²) in [5, 5.41) is 2.68. The van der Waals surface area contributed by atoms with Gasteiger partial charge in [0.05, 0.1) is 21.9 Å². The second kappa shape index (κ2) is 10.9. The summed E-state index contributed by atoms with van der Waals surface area (Å²) in [4.78, 5) is 15.8. The Balaban J connectivity index is 1.99. The Kier molecular flexibility index (Phi) is 7.73. The lowest BCUT2D eigenvalue weighted by atomic mass is 9.96. The smallest absolute Gasteiger partial charge is 0.416 e. The van der Waals surface area contributed by atoms with Gasteiger partial charge in [0.1, 0.15) is 11.5 Å². The summed E-state index contributed by atoms with van der Waals surface area (Å²) in [5.41, 5.74) is 0.735. The number of nitrogens with zero attached hydrogens (tertiary/aromatic N) is 1. The number of nitrogens with one attached hydrogen (secondary N) is 1. The van der Waals surface area contributed by atoms with Crippen molar-refractivity contribution in [2.24, 2.45) is 0 Å². The predicted molar refractivity (Wildman–Crippen MR) is 139 cm³/mol. The van der Waals surface area contributed by atoms with E-state index >= 15 is 0 Å². The monoisotopic (exact) mass is 558 g/mol. The van der Waals surface area contributed by atoms with Crippen molar-refractivity contribution in [3.63, 3.8) is 0 Å². The molecule has 4 rings (SSSR count). The Labute approximate surface area is 222 Å². The minimum absolute atomic E-state index is 0.0417. The van der Waals surface area contributed by atoms with Crippen LogP contribution in [0.2, 0.25) is 0 Å². The summed E-state index contributed by atoms with van der Waals surface area (Å²) < 4.78 is 84.5. The Morgan fingerprint density at radius 2 is 1.67 bits per heavy atom. The lowest BCUT2D eigenvalue weighted by Crippen LogP contribution is -2.08. The molecule has 0 unspecified atom stereocenters. The first-order valence-electron chi connectivity index (χ1n) is 11.6. The molecular formula is C28H22F4N2O4S. The molecule has 0 bridgehead atoms. The predicted octanol–water partition coefficient (Wildman–Crippen LogP) is 7.12. The number of amides is 1. The van der Waals surface area contributed by atoms with Crippen LogP contribution in [0.5, 0.6) is 11.5 Å². The van der Waals surface area contributed by atoms with Crippen molar-refractivity contribution in [3.8, 4) is 33.8 Å². The number of carbonyl (C=O) groups is 1. The molecule has 0 atom stereocenters. The zero-order chi connectivity index (χ0) is 28.4. The molecule has 0 aliphatic rings. The van der Waals surface area contributed by atoms with Gasteiger partial charge in [-0.1, -0.05) is 25.1 Å². The van der Waals surface area contributed by atoms with Gasteiger partial charge in [-0.2, -0.15) is 17.6 Å². The molecule has 0 saturated heterocycles. The molecule has 0 saturated carbocycles. The number of ether oxygens (including phenoxy) is 1. The largest absolute Gasteiger partial charge is 0.456 e. The Morgan fingerprint density at radius 1 is 0.974 bits per heavy atom. The SMILES string of the molecule is CCS(=O)(=O)c1ccc(-c2c(NC(C)=O)ccc(-c3ccc(F)nc3)c2Oc2cccc(C(F)(F)F)c2)cc1. The van der Waals surface area contributed by atoms with Gasteiger partial charge in [-0.3, -0.25) is 4.79 Å². The molecule has 3 aromatic carbocycles. The van der Waals surface area contributed by atoms with Crippen molar-refractivity contribution in [2.45, 2.75) is 24.9 Å². The molecule has 0 fully saturated rings. The molecule has 202 valence electrons. The summed E-state index contributed by atoms with van der Waals surface area (Å²) in [7, 11) is -3.51. The van der Waals surface area contributed by atoms with E-state index in [-0.39, 0.29) is 33.4 Å². The molecule has 1 amide bonds. The number of sulfone groups is 1. The van der Waals surface area contributed by atoms with Crippen molar-refractivity contribution >= 4 is 21.4 Å². The fourth-order valence-corrected chi connectivity index (χ4v) is 4.77. The van der Waals surface area contributed by atoms with Gasteiger partial charge >= 0.3 is 6.18 Å². The first kappa shape index (κ1) is 27.8. The molecule has 4 aromatic rings. The first-order valence-corrected chi connectivity index (χ1v) is 13.3. The van der Waals surface area contributed by atoms with Gasteiger partial charge in [-0.15, -0.1) is 0 Å². The minimum atomic E-state index is -4.62. The van der Waals surface area contributed by atoms with Crippen molar-refractivity contribution in [1.82, 2.24) is 4.98 Å². The number of hydrogen-bond donors (Lipinski definition) is 1. The minimum Gasteiger partial charge on any atom is -0.456 e. The highest BCUT2D eigenvalue weighted by Crippen LogP contribution is 2.46. The van der Waals surface area contributed by atoms with Gasteiger partial charge < -0.3 is 10.1 Å². The zero-order valence-electron chi connectivity index (χ0n) is 20.7. The average molecular weight is 559 g/mol. The third-order valence-electron chi connectivity index (χ3n) is 5.77. The number of pyridine rings is 1. The number of alkyl halides is 3. The van der Waals surface area contributed by atoms with Crippen LogP contribution in [0, 0.1) is 5.95 Å². The highest BCUT2D eigenvalue weighted by molar-refractivity contribution is 7.91. The van der Waals surface area contributed by atoms with Crippen molar-refractivity contribution < 1.29 is 35.5 Å². The summed E-state index contributed by atoms with van der Waals surface area (Å²) in [6.45, 7) is 2.80. The zero-order valence-corrected chi connectivity index (χ0v) is 21.5. The third kappa shape index (κ3) is 6.26. The molecule has 1 aromatic heterocycles. The lowest BCUT2D eigenvalue weighted by molar-refractivity contribution is -0.137. The van der Waals surface area contributed by atoms with E-state index in [1.54, 1.807) is 12.1 Å². The molecule has 0 radical (unpaired) electrons. The molecular weight excluding hydrogens is 536 g/mol. The fraction of sp³-hybridized carbons (Fsp3) is 0.143. The number of anilines is 1. The van der Waals surface area contributed by atoms with Crippen LogP contribution < -0.4 is 10.1 Å². The summed E-state index contributed by atoms with van der Waals surface area (Å²) in [6.07, 6.45) is -3.38. The van der Waals surface area contributed by atoms with E-state index in [4.69, 9.17) is 4.74 Å².